The van der Waals surface area contributed by atoms with Crippen LogP contribution in [0.1, 0.15) is 27.0 Å². The molecule has 0 aliphatic rings. The van der Waals surface area contributed by atoms with Crippen molar-refractivity contribution in [2.24, 2.45) is 0 Å². The first-order chi connectivity index (χ1) is 12.2. The number of nitrogens with zero attached hydrogens (tertiary/aromatic N) is 1. The number of pyridine rings is 1. The van der Waals surface area contributed by atoms with Crippen LogP contribution in [0.2, 0.25) is 0 Å². The predicted molar refractivity (Wildman–Crippen MR) is 99.0 cm³/mol. The Kier molecular flexibility index (Phi) is 5.02. The van der Waals surface area contributed by atoms with Gasteiger partial charge in [0.15, 0.2) is 0 Å². The summed E-state index contributed by atoms with van der Waals surface area (Å²) in [5.74, 6) is -0.523. The number of carbonyl (C=O) groups excluding carboxylic acids is 1. The van der Waals surface area contributed by atoms with E-state index in [1.807, 2.05) is 36.7 Å². The topological polar surface area (TPSA) is 62.2 Å². The zero-order valence-electron chi connectivity index (χ0n) is 13.8. The Labute approximate surface area is 146 Å². The molecule has 0 bridgehead atoms. The number of rotatable bonds is 4. The number of hydroxylamine groups is 1. The smallest absolute Gasteiger partial charge is 0.274 e. The van der Waals surface area contributed by atoms with Crippen LogP contribution in [0.15, 0.2) is 67.0 Å². The van der Waals surface area contributed by atoms with Crippen LogP contribution in [0.5, 0.6) is 0 Å². The molecule has 0 aliphatic carbocycles. The third-order valence-electron chi connectivity index (χ3n) is 3.89. The summed E-state index contributed by atoms with van der Waals surface area (Å²) in [7, 11) is 0. The molecule has 0 aliphatic heterocycles. The predicted octanol–water partition coefficient (Wildman–Crippen LogP) is 4.35. The van der Waals surface area contributed by atoms with Crippen LogP contribution in [0.4, 0.5) is 0 Å². The summed E-state index contributed by atoms with van der Waals surface area (Å²) in [6, 6.07) is 17.4. The molecule has 25 heavy (non-hydrogen) atoms. The minimum absolute atomic E-state index is 0.405. The molecule has 1 heterocycles. The molecule has 0 radical (unpaired) electrons. The van der Waals surface area contributed by atoms with Crippen LogP contribution >= 0.6 is 0 Å². The van der Waals surface area contributed by atoms with Crippen LogP contribution in [0.25, 0.3) is 23.3 Å². The van der Waals surface area contributed by atoms with Gasteiger partial charge in [-0.3, -0.25) is 15.0 Å². The van der Waals surface area contributed by atoms with E-state index in [1.165, 1.54) is 5.56 Å². The Bertz CT molecular complexity index is 898. The molecule has 0 saturated carbocycles. The maximum atomic E-state index is 11.3. The van der Waals surface area contributed by atoms with Crippen molar-refractivity contribution in [3.63, 3.8) is 0 Å². The third kappa shape index (κ3) is 4.19. The summed E-state index contributed by atoms with van der Waals surface area (Å²) >= 11 is 0. The molecular formula is C21H18N2O2. The van der Waals surface area contributed by atoms with Gasteiger partial charge < -0.3 is 0 Å². The molecule has 0 saturated heterocycles. The van der Waals surface area contributed by atoms with Crippen LogP contribution in [-0.4, -0.2) is 16.1 Å². The lowest BCUT2D eigenvalue weighted by atomic mass is 10.0. The first-order valence-electron chi connectivity index (χ1n) is 7.90. The molecule has 1 amide bonds. The molecule has 3 aromatic rings. The van der Waals surface area contributed by atoms with E-state index in [1.54, 1.807) is 17.6 Å². The zero-order chi connectivity index (χ0) is 17.6. The van der Waals surface area contributed by atoms with Crippen molar-refractivity contribution >= 4 is 18.1 Å². The highest BCUT2D eigenvalue weighted by Gasteiger charge is 2.02. The largest absolute Gasteiger partial charge is 0.288 e. The number of hydrogen-bond acceptors (Lipinski definition) is 3. The van der Waals surface area contributed by atoms with E-state index in [-0.39, 0.29) is 0 Å². The maximum absolute atomic E-state index is 11.3. The highest BCUT2D eigenvalue weighted by Crippen LogP contribution is 2.21. The van der Waals surface area contributed by atoms with Gasteiger partial charge in [0.2, 0.25) is 0 Å². The van der Waals surface area contributed by atoms with Crippen molar-refractivity contribution < 1.29 is 10.0 Å². The average molecular weight is 330 g/mol. The lowest BCUT2D eigenvalue weighted by Gasteiger charge is -2.03. The molecule has 2 aromatic carbocycles. The molecule has 0 atom stereocenters. The number of benzene rings is 2. The first kappa shape index (κ1) is 16.6. The summed E-state index contributed by atoms with van der Waals surface area (Å²) in [5, 5.41) is 8.62. The molecule has 0 fully saturated rings. The van der Waals surface area contributed by atoms with Gasteiger partial charge in [-0.25, -0.2) is 5.48 Å². The Morgan fingerprint density at radius 3 is 2.28 bits per heavy atom. The number of amides is 1. The van der Waals surface area contributed by atoms with Gasteiger partial charge in [-0.15, -0.1) is 0 Å². The second kappa shape index (κ2) is 7.55. The van der Waals surface area contributed by atoms with E-state index < -0.39 is 5.91 Å². The highest BCUT2D eigenvalue weighted by molar-refractivity contribution is 5.93. The van der Waals surface area contributed by atoms with E-state index in [0.29, 0.717) is 5.56 Å². The maximum Gasteiger partial charge on any atom is 0.274 e. The van der Waals surface area contributed by atoms with Crippen molar-refractivity contribution in [1.29, 1.82) is 0 Å². The molecule has 124 valence electrons. The Hall–Kier alpha value is -3.24. The lowest BCUT2D eigenvalue weighted by Crippen LogP contribution is -2.18. The summed E-state index contributed by atoms with van der Waals surface area (Å²) < 4.78 is 0. The van der Waals surface area contributed by atoms with Gasteiger partial charge in [0.05, 0.1) is 0 Å². The zero-order valence-corrected chi connectivity index (χ0v) is 13.8. The first-order valence-corrected chi connectivity index (χ1v) is 7.90. The standard InChI is InChI=1S/C21H18N2O2/c1-15-2-8-18(9-3-15)20-12-17(13-22-14-20)5-4-16-6-10-19(11-7-16)21(24)23-25/h2-14,25H,1H3,(H,23,24)/b5-4+. The summed E-state index contributed by atoms with van der Waals surface area (Å²) in [4.78, 5) is 15.6. The lowest BCUT2D eigenvalue weighted by molar-refractivity contribution is 0.0706. The number of aryl methyl sites for hydroxylation is 1. The van der Waals surface area contributed by atoms with E-state index in [2.05, 4.69) is 42.2 Å². The van der Waals surface area contributed by atoms with Gasteiger partial charge in [-0.1, -0.05) is 54.1 Å². The molecule has 0 spiro atoms. The monoisotopic (exact) mass is 330 g/mol. The molecular weight excluding hydrogens is 312 g/mol. The highest BCUT2D eigenvalue weighted by atomic mass is 16.5. The minimum atomic E-state index is -0.523. The Morgan fingerprint density at radius 1 is 0.920 bits per heavy atom. The Balaban J connectivity index is 1.78. The van der Waals surface area contributed by atoms with E-state index in [9.17, 15) is 4.79 Å². The fourth-order valence-corrected chi connectivity index (χ4v) is 2.46. The molecule has 4 heteroatoms. The van der Waals surface area contributed by atoms with Gasteiger partial charge >= 0.3 is 0 Å². The van der Waals surface area contributed by atoms with Gasteiger partial charge in [0.1, 0.15) is 0 Å². The summed E-state index contributed by atoms with van der Waals surface area (Å²) in [6.07, 6.45) is 7.59. The molecule has 3 rings (SSSR count). The summed E-state index contributed by atoms with van der Waals surface area (Å²) in [6.45, 7) is 2.07. The van der Waals surface area contributed by atoms with Crippen molar-refractivity contribution in [1.82, 2.24) is 10.5 Å². The number of aromatic nitrogens is 1. The van der Waals surface area contributed by atoms with Crippen molar-refractivity contribution in [3.05, 3.63) is 89.2 Å². The van der Waals surface area contributed by atoms with Crippen LogP contribution < -0.4 is 5.48 Å². The van der Waals surface area contributed by atoms with Gasteiger partial charge in [0, 0.05) is 23.5 Å². The number of carbonyl (C=O) groups is 1. The van der Waals surface area contributed by atoms with Crippen LogP contribution in [0.3, 0.4) is 0 Å². The second-order valence-corrected chi connectivity index (χ2v) is 5.77. The van der Waals surface area contributed by atoms with Gasteiger partial charge in [-0.05, 0) is 41.8 Å². The summed E-state index contributed by atoms with van der Waals surface area (Å²) in [5.41, 5.74) is 7.40. The third-order valence-corrected chi connectivity index (χ3v) is 3.89. The van der Waals surface area contributed by atoms with Crippen molar-refractivity contribution in [2.45, 2.75) is 6.92 Å². The molecule has 4 nitrogen and oxygen atoms in total. The quantitative estimate of drug-likeness (QED) is 0.552. The van der Waals surface area contributed by atoms with E-state index in [4.69, 9.17) is 5.21 Å². The SMILES string of the molecule is Cc1ccc(-c2cncc(/C=C/c3ccc(C(=O)NO)cc3)c2)cc1. The second-order valence-electron chi connectivity index (χ2n) is 5.77. The van der Waals surface area contributed by atoms with E-state index in [0.717, 1.165) is 22.3 Å². The average Bonchev–Trinajstić information content (AvgIpc) is 2.67. The van der Waals surface area contributed by atoms with Gasteiger partial charge in [0.25, 0.3) is 5.91 Å². The van der Waals surface area contributed by atoms with Crippen LogP contribution in [-0.2, 0) is 0 Å². The van der Waals surface area contributed by atoms with Crippen LogP contribution in [0, 0.1) is 6.92 Å². The molecule has 2 N–H and O–H groups in total. The normalized spacial score (nSPS) is 10.8. The van der Waals surface area contributed by atoms with Crippen molar-refractivity contribution in [3.8, 4) is 11.1 Å². The molecule has 1 aromatic heterocycles. The minimum Gasteiger partial charge on any atom is -0.288 e. The Morgan fingerprint density at radius 2 is 1.60 bits per heavy atom. The number of nitrogens with one attached hydrogen (secondary N) is 1. The van der Waals surface area contributed by atoms with Crippen molar-refractivity contribution in [2.75, 3.05) is 0 Å². The fourth-order valence-electron chi connectivity index (χ4n) is 2.46. The molecule has 0 unspecified atom stereocenters. The van der Waals surface area contributed by atoms with Gasteiger partial charge in [-0.2, -0.15) is 0 Å². The van der Waals surface area contributed by atoms with E-state index >= 15 is 0 Å². The number of hydrogen-bond donors (Lipinski definition) is 2. The fraction of sp³-hybridized carbons (Fsp3) is 0.0476.